The Bertz CT molecular complexity index is 819. The molecule has 6 nitrogen and oxygen atoms in total. The number of carbonyl (C=O) groups excluding carboxylic acids is 1. The van der Waals surface area contributed by atoms with Gasteiger partial charge < -0.3 is 9.47 Å². The maximum atomic E-state index is 12.2. The van der Waals surface area contributed by atoms with Crippen molar-refractivity contribution < 1.29 is 14.3 Å². The van der Waals surface area contributed by atoms with Crippen molar-refractivity contribution in [2.24, 2.45) is 17.8 Å². The van der Waals surface area contributed by atoms with Gasteiger partial charge in [-0.25, -0.2) is 0 Å². The molecule has 7 heteroatoms. The Balaban J connectivity index is 1.09. The molecule has 4 saturated carbocycles. The molecule has 2 aromatic rings. The van der Waals surface area contributed by atoms with Gasteiger partial charge in [-0.2, -0.15) is 0 Å². The minimum atomic E-state index is -0.196. The lowest BCUT2D eigenvalue weighted by Gasteiger charge is -2.55. The maximum absolute atomic E-state index is 12.2. The number of hydrogen-bond donors (Lipinski definition) is 1. The molecule has 1 aromatic heterocycles. The summed E-state index contributed by atoms with van der Waals surface area (Å²) in [6.07, 6.45) is 8.00. The van der Waals surface area contributed by atoms with Crippen LogP contribution in [0.5, 0.6) is 5.75 Å². The van der Waals surface area contributed by atoms with Crippen LogP contribution in [0, 0.1) is 17.8 Å². The van der Waals surface area contributed by atoms with Crippen molar-refractivity contribution in [2.45, 2.75) is 43.9 Å². The van der Waals surface area contributed by atoms with Crippen molar-refractivity contribution >= 4 is 22.4 Å². The summed E-state index contributed by atoms with van der Waals surface area (Å²) in [5, 5.41) is 13.3. The smallest absolute Gasteiger partial charge is 0.252 e. The first-order valence-electron chi connectivity index (χ1n) is 10.6. The van der Waals surface area contributed by atoms with E-state index in [9.17, 15) is 4.79 Å². The first kappa shape index (κ1) is 19.0. The predicted molar refractivity (Wildman–Crippen MR) is 111 cm³/mol. The lowest BCUT2D eigenvalue weighted by Crippen LogP contribution is -2.48. The van der Waals surface area contributed by atoms with Gasteiger partial charge in [-0.15, -0.1) is 10.2 Å². The van der Waals surface area contributed by atoms with Gasteiger partial charge in [0.25, 0.3) is 5.91 Å². The van der Waals surface area contributed by atoms with Crippen LogP contribution in [-0.2, 0) is 14.9 Å². The van der Waals surface area contributed by atoms with Crippen LogP contribution in [0.3, 0.4) is 0 Å². The fourth-order valence-corrected chi connectivity index (χ4v) is 6.89. The molecule has 1 heterocycles. The van der Waals surface area contributed by atoms with E-state index in [-0.39, 0.29) is 17.9 Å². The Morgan fingerprint density at radius 3 is 2.41 bits per heavy atom. The van der Waals surface area contributed by atoms with E-state index in [4.69, 9.17) is 9.47 Å². The van der Waals surface area contributed by atoms with Crippen LogP contribution in [0.2, 0.25) is 0 Å². The summed E-state index contributed by atoms with van der Waals surface area (Å²) in [7, 11) is 0. The minimum absolute atomic E-state index is 0.00950. The second-order valence-electron chi connectivity index (χ2n) is 8.87. The second kappa shape index (κ2) is 8.03. The highest BCUT2D eigenvalue weighted by molar-refractivity contribution is 7.15. The summed E-state index contributed by atoms with van der Waals surface area (Å²) < 4.78 is 11.0. The number of ether oxygens (including phenoxy) is 2. The average molecular weight is 414 g/mol. The Hall–Kier alpha value is -1.99. The molecular formula is C22H27N3O3S. The maximum Gasteiger partial charge on any atom is 0.252 e. The number of nitrogens with one attached hydrogen (secondary N) is 1. The van der Waals surface area contributed by atoms with Gasteiger partial charge in [0.15, 0.2) is 0 Å². The zero-order valence-corrected chi connectivity index (χ0v) is 17.3. The van der Waals surface area contributed by atoms with Crippen LogP contribution >= 0.6 is 11.3 Å². The molecule has 154 valence electrons. The van der Waals surface area contributed by atoms with Crippen LogP contribution in [0.25, 0.3) is 0 Å². The molecule has 4 bridgehead atoms. The van der Waals surface area contributed by atoms with E-state index in [0.29, 0.717) is 18.3 Å². The first-order chi connectivity index (χ1) is 14.2. The molecule has 0 radical (unpaired) electrons. The van der Waals surface area contributed by atoms with Crippen LogP contribution in [0.1, 0.15) is 43.5 Å². The number of anilines is 1. The highest BCUT2D eigenvalue weighted by Gasteiger charge is 2.53. The number of rotatable bonds is 8. The molecule has 4 aliphatic rings. The van der Waals surface area contributed by atoms with Gasteiger partial charge in [0.2, 0.25) is 5.13 Å². The Kier molecular flexibility index (Phi) is 5.26. The van der Waals surface area contributed by atoms with Crippen molar-refractivity contribution in [1.29, 1.82) is 0 Å². The van der Waals surface area contributed by atoms with Crippen molar-refractivity contribution in [2.75, 3.05) is 25.1 Å². The molecule has 1 aromatic carbocycles. The SMILES string of the molecule is O=C(COCCOc1ccccc1)Nc1nnc(C23CC4CC(CC(C4)C2)C3)s1. The van der Waals surface area contributed by atoms with Gasteiger partial charge >= 0.3 is 0 Å². The van der Waals surface area contributed by atoms with Crippen molar-refractivity contribution in [1.82, 2.24) is 10.2 Å². The average Bonchev–Trinajstić information content (AvgIpc) is 3.17. The summed E-state index contributed by atoms with van der Waals surface area (Å²) in [6, 6.07) is 9.57. The summed E-state index contributed by atoms with van der Waals surface area (Å²) in [5.74, 6) is 3.21. The van der Waals surface area contributed by atoms with E-state index in [0.717, 1.165) is 28.5 Å². The molecule has 1 amide bonds. The number of aromatic nitrogens is 2. The highest BCUT2D eigenvalue weighted by atomic mass is 32.1. The van der Waals surface area contributed by atoms with Crippen molar-refractivity contribution in [3.63, 3.8) is 0 Å². The number of carbonyl (C=O) groups is 1. The lowest BCUT2D eigenvalue weighted by molar-refractivity contribution is -0.120. The minimum Gasteiger partial charge on any atom is -0.491 e. The van der Waals surface area contributed by atoms with Crippen molar-refractivity contribution in [3.05, 3.63) is 35.3 Å². The lowest BCUT2D eigenvalue weighted by atomic mass is 9.50. The van der Waals surface area contributed by atoms with Gasteiger partial charge in [-0.1, -0.05) is 29.5 Å². The van der Waals surface area contributed by atoms with E-state index in [1.54, 1.807) is 11.3 Å². The van der Waals surface area contributed by atoms with Crippen molar-refractivity contribution in [3.8, 4) is 5.75 Å². The molecule has 29 heavy (non-hydrogen) atoms. The van der Waals surface area contributed by atoms with Gasteiger partial charge in [0, 0.05) is 5.41 Å². The molecular weight excluding hydrogens is 386 g/mol. The van der Waals surface area contributed by atoms with Gasteiger partial charge in [0.05, 0.1) is 6.61 Å². The van der Waals surface area contributed by atoms with Crippen LogP contribution in [-0.4, -0.2) is 35.9 Å². The van der Waals surface area contributed by atoms with Gasteiger partial charge in [-0.3, -0.25) is 10.1 Å². The number of para-hydroxylation sites is 1. The summed E-state index contributed by atoms with van der Waals surface area (Å²) in [6.45, 7) is 0.758. The second-order valence-corrected chi connectivity index (χ2v) is 9.85. The zero-order valence-electron chi connectivity index (χ0n) is 16.5. The summed E-state index contributed by atoms with van der Waals surface area (Å²) >= 11 is 1.56. The normalized spacial score (nSPS) is 29.7. The molecule has 0 atom stereocenters. The van der Waals surface area contributed by atoms with Crippen LogP contribution in [0.4, 0.5) is 5.13 Å². The fraction of sp³-hybridized carbons (Fsp3) is 0.591. The third kappa shape index (κ3) is 4.16. The predicted octanol–water partition coefficient (Wildman–Crippen LogP) is 4.04. The van der Waals surface area contributed by atoms with Crippen LogP contribution < -0.4 is 10.1 Å². The van der Waals surface area contributed by atoms with E-state index < -0.39 is 0 Å². The van der Waals surface area contributed by atoms with Crippen LogP contribution in [0.15, 0.2) is 30.3 Å². The Labute approximate surface area is 175 Å². The molecule has 4 fully saturated rings. The Morgan fingerprint density at radius 1 is 1.03 bits per heavy atom. The molecule has 0 saturated heterocycles. The Morgan fingerprint density at radius 2 is 1.72 bits per heavy atom. The van der Waals surface area contributed by atoms with Gasteiger partial charge in [-0.05, 0) is 68.4 Å². The number of hydrogen-bond acceptors (Lipinski definition) is 6. The first-order valence-corrected chi connectivity index (χ1v) is 11.4. The van der Waals surface area contributed by atoms with E-state index in [1.807, 2.05) is 30.3 Å². The molecule has 0 unspecified atom stereocenters. The molecule has 6 rings (SSSR count). The van der Waals surface area contributed by atoms with Gasteiger partial charge in [0.1, 0.15) is 24.0 Å². The monoisotopic (exact) mass is 413 g/mol. The third-order valence-electron chi connectivity index (χ3n) is 6.64. The zero-order chi connectivity index (χ0) is 19.7. The standard InChI is InChI=1S/C22H27N3O3S/c26-19(14-27-6-7-28-18-4-2-1-3-5-18)23-21-25-24-20(29-21)22-11-15-8-16(12-22)10-17(9-15)13-22/h1-5,15-17H,6-14H2,(H,23,25,26). The molecule has 0 spiro atoms. The number of nitrogens with zero attached hydrogens (tertiary/aromatic N) is 2. The fourth-order valence-electron chi connectivity index (χ4n) is 5.92. The quantitative estimate of drug-likeness (QED) is 0.661. The molecule has 4 aliphatic carbocycles. The molecule has 1 N–H and O–H groups in total. The van der Waals surface area contributed by atoms with E-state index in [2.05, 4.69) is 15.5 Å². The molecule has 0 aliphatic heterocycles. The highest BCUT2D eigenvalue weighted by Crippen LogP contribution is 2.61. The number of benzene rings is 1. The summed E-state index contributed by atoms with van der Waals surface area (Å²) in [4.78, 5) is 12.2. The number of amides is 1. The van der Waals surface area contributed by atoms with E-state index >= 15 is 0 Å². The topological polar surface area (TPSA) is 73.3 Å². The summed E-state index contributed by atoms with van der Waals surface area (Å²) in [5.41, 5.74) is 0.223. The third-order valence-corrected chi connectivity index (χ3v) is 7.72. The largest absolute Gasteiger partial charge is 0.491 e. The van der Waals surface area contributed by atoms with E-state index in [1.165, 1.54) is 38.5 Å².